The third-order valence-electron chi connectivity index (χ3n) is 4.03. The van der Waals surface area contributed by atoms with Crippen molar-refractivity contribution in [3.05, 3.63) is 58.3 Å². The zero-order valence-electron chi connectivity index (χ0n) is 15.0. The van der Waals surface area contributed by atoms with Crippen molar-refractivity contribution in [3.8, 4) is 0 Å². The monoisotopic (exact) mass is 354 g/mol. The highest BCUT2D eigenvalue weighted by atomic mass is 16.5. The SMILES string of the molecule is COC(=O)c1cc(COC(=O)c2ccc3nc(C)c(C)nc3c2)oc1C. The highest BCUT2D eigenvalue weighted by Crippen LogP contribution is 2.18. The molecule has 0 radical (unpaired) electrons. The van der Waals surface area contributed by atoms with Crippen molar-refractivity contribution in [2.24, 2.45) is 0 Å². The number of methoxy groups -OCH3 is 1. The normalized spacial score (nSPS) is 10.8. The Morgan fingerprint density at radius 1 is 1.00 bits per heavy atom. The molecule has 2 aromatic heterocycles. The largest absolute Gasteiger partial charge is 0.465 e. The van der Waals surface area contributed by atoms with E-state index in [4.69, 9.17) is 9.15 Å². The molecule has 0 N–H and O–H groups in total. The van der Waals surface area contributed by atoms with Crippen molar-refractivity contribution in [1.82, 2.24) is 9.97 Å². The number of carbonyl (C=O) groups excluding carboxylic acids is 2. The van der Waals surface area contributed by atoms with E-state index in [1.807, 2.05) is 13.8 Å². The van der Waals surface area contributed by atoms with Crippen molar-refractivity contribution in [2.45, 2.75) is 27.4 Å². The van der Waals surface area contributed by atoms with Crippen LogP contribution >= 0.6 is 0 Å². The van der Waals surface area contributed by atoms with Gasteiger partial charge in [-0.15, -0.1) is 0 Å². The van der Waals surface area contributed by atoms with Crippen LogP contribution in [-0.2, 0) is 16.1 Å². The summed E-state index contributed by atoms with van der Waals surface area (Å²) in [6.07, 6.45) is 0. The van der Waals surface area contributed by atoms with Gasteiger partial charge in [0.15, 0.2) is 0 Å². The van der Waals surface area contributed by atoms with Gasteiger partial charge in [0.05, 0.1) is 35.1 Å². The second-order valence-corrected chi connectivity index (χ2v) is 5.85. The van der Waals surface area contributed by atoms with Crippen molar-refractivity contribution < 1.29 is 23.5 Å². The summed E-state index contributed by atoms with van der Waals surface area (Å²) in [5, 5.41) is 0. The van der Waals surface area contributed by atoms with Gasteiger partial charge in [-0.05, 0) is 45.0 Å². The second kappa shape index (κ2) is 6.95. The molecule has 7 nitrogen and oxygen atoms in total. The van der Waals surface area contributed by atoms with Gasteiger partial charge >= 0.3 is 11.9 Å². The molecule has 3 rings (SSSR count). The Bertz CT molecular complexity index is 1010. The number of esters is 2. The van der Waals surface area contributed by atoms with Gasteiger partial charge in [0.25, 0.3) is 0 Å². The zero-order valence-corrected chi connectivity index (χ0v) is 15.0. The quantitative estimate of drug-likeness (QED) is 0.664. The van der Waals surface area contributed by atoms with Crippen LogP contribution in [0, 0.1) is 20.8 Å². The number of ether oxygens (including phenoxy) is 2. The lowest BCUT2D eigenvalue weighted by Gasteiger charge is -2.06. The smallest absolute Gasteiger partial charge is 0.341 e. The van der Waals surface area contributed by atoms with E-state index in [1.54, 1.807) is 25.1 Å². The number of hydrogen-bond acceptors (Lipinski definition) is 7. The molecule has 1 aromatic carbocycles. The Balaban J connectivity index is 1.75. The minimum Gasteiger partial charge on any atom is -0.465 e. The highest BCUT2D eigenvalue weighted by Gasteiger charge is 2.17. The molecule has 134 valence electrons. The van der Waals surface area contributed by atoms with Crippen LogP contribution in [0.1, 0.15) is 43.6 Å². The molecule has 0 unspecified atom stereocenters. The van der Waals surface area contributed by atoms with Gasteiger partial charge < -0.3 is 13.9 Å². The van der Waals surface area contributed by atoms with Gasteiger partial charge in [0.2, 0.25) is 0 Å². The molecule has 0 atom stereocenters. The lowest BCUT2D eigenvalue weighted by Crippen LogP contribution is -2.05. The summed E-state index contributed by atoms with van der Waals surface area (Å²) in [5.41, 5.74) is 3.68. The molecule has 0 aliphatic carbocycles. The number of benzene rings is 1. The fraction of sp³-hybridized carbons (Fsp3) is 0.263. The van der Waals surface area contributed by atoms with Crippen LogP contribution in [0.4, 0.5) is 0 Å². The van der Waals surface area contributed by atoms with E-state index in [-0.39, 0.29) is 6.61 Å². The van der Waals surface area contributed by atoms with Gasteiger partial charge in [-0.2, -0.15) is 0 Å². The summed E-state index contributed by atoms with van der Waals surface area (Å²) in [7, 11) is 1.29. The lowest BCUT2D eigenvalue weighted by atomic mass is 10.2. The van der Waals surface area contributed by atoms with Crippen molar-refractivity contribution in [2.75, 3.05) is 7.11 Å². The predicted octanol–water partition coefficient (Wildman–Crippen LogP) is 3.29. The standard InChI is InChI=1S/C19H18N2O5/c1-10-11(2)21-17-7-13(5-6-16(17)20-10)18(22)25-9-14-8-15(12(3)26-14)19(23)24-4/h5-8H,9H2,1-4H3. The Morgan fingerprint density at radius 3 is 2.38 bits per heavy atom. The number of fused-ring (bicyclic) bond motifs is 1. The lowest BCUT2D eigenvalue weighted by molar-refractivity contribution is 0.0444. The Hall–Kier alpha value is -3.22. The summed E-state index contributed by atoms with van der Waals surface area (Å²) in [6.45, 7) is 5.31. The van der Waals surface area contributed by atoms with E-state index < -0.39 is 11.9 Å². The first-order chi connectivity index (χ1) is 12.4. The number of carbonyl (C=O) groups is 2. The molecule has 0 saturated heterocycles. The Kier molecular flexibility index (Phi) is 4.71. The molecule has 0 aliphatic rings. The van der Waals surface area contributed by atoms with Crippen LogP contribution in [0.5, 0.6) is 0 Å². The van der Waals surface area contributed by atoms with Gasteiger partial charge in [-0.3, -0.25) is 0 Å². The van der Waals surface area contributed by atoms with Crippen molar-refractivity contribution in [3.63, 3.8) is 0 Å². The Morgan fingerprint density at radius 2 is 1.69 bits per heavy atom. The fourth-order valence-corrected chi connectivity index (χ4v) is 2.51. The molecule has 0 amide bonds. The predicted molar refractivity (Wildman–Crippen MR) is 92.9 cm³/mol. The zero-order chi connectivity index (χ0) is 18.8. The average Bonchev–Trinajstić information content (AvgIpc) is 3.00. The van der Waals surface area contributed by atoms with Crippen LogP contribution in [0.15, 0.2) is 28.7 Å². The van der Waals surface area contributed by atoms with E-state index >= 15 is 0 Å². The van der Waals surface area contributed by atoms with Crippen LogP contribution < -0.4 is 0 Å². The third-order valence-corrected chi connectivity index (χ3v) is 4.03. The molecule has 0 spiro atoms. The summed E-state index contributed by atoms with van der Waals surface area (Å²) in [5.74, 6) is -0.235. The van der Waals surface area contributed by atoms with Crippen LogP contribution in [0.25, 0.3) is 11.0 Å². The van der Waals surface area contributed by atoms with Gasteiger partial charge in [-0.1, -0.05) is 0 Å². The van der Waals surface area contributed by atoms with Crippen LogP contribution in [0.3, 0.4) is 0 Å². The van der Waals surface area contributed by atoms with E-state index in [0.717, 1.165) is 11.4 Å². The Labute approximate surface area is 150 Å². The second-order valence-electron chi connectivity index (χ2n) is 5.85. The molecule has 26 heavy (non-hydrogen) atoms. The van der Waals surface area contributed by atoms with E-state index in [2.05, 4.69) is 14.7 Å². The molecule has 7 heteroatoms. The van der Waals surface area contributed by atoms with Gasteiger partial charge in [0, 0.05) is 0 Å². The molecule has 0 fully saturated rings. The minimum atomic E-state index is -0.513. The number of aromatic nitrogens is 2. The maximum absolute atomic E-state index is 12.3. The van der Waals surface area contributed by atoms with Crippen LogP contribution in [-0.4, -0.2) is 29.0 Å². The number of hydrogen-bond donors (Lipinski definition) is 0. The molecule has 0 saturated carbocycles. The number of furan rings is 1. The summed E-state index contributed by atoms with van der Waals surface area (Å²) in [6, 6.07) is 6.52. The topological polar surface area (TPSA) is 91.5 Å². The molecular weight excluding hydrogens is 336 g/mol. The molecule has 0 bridgehead atoms. The van der Waals surface area contributed by atoms with E-state index in [1.165, 1.54) is 13.2 Å². The maximum Gasteiger partial charge on any atom is 0.341 e. The van der Waals surface area contributed by atoms with E-state index in [0.29, 0.717) is 33.7 Å². The summed E-state index contributed by atoms with van der Waals surface area (Å²) in [4.78, 5) is 32.7. The number of nitrogens with zero attached hydrogens (tertiary/aromatic N) is 2. The molecule has 2 heterocycles. The van der Waals surface area contributed by atoms with Gasteiger partial charge in [-0.25, -0.2) is 19.6 Å². The van der Waals surface area contributed by atoms with Crippen molar-refractivity contribution in [1.29, 1.82) is 0 Å². The summed E-state index contributed by atoms with van der Waals surface area (Å²) >= 11 is 0. The number of aryl methyl sites for hydroxylation is 3. The number of rotatable bonds is 4. The van der Waals surface area contributed by atoms with Crippen molar-refractivity contribution >= 4 is 23.0 Å². The maximum atomic E-state index is 12.3. The average molecular weight is 354 g/mol. The highest BCUT2D eigenvalue weighted by molar-refractivity contribution is 5.93. The minimum absolute atomic E-state index is 0.0900. The molecule has 3 aromatic rings. The molecular formula is C19H18N2O5. The first-order valence-corrected chi connectivity index (χ1v) is 7.99. The first-order valence-electron chi connectivity index (χ1n) is 7.99. The van der Waals surface area contributed by atoms with E-state index in [9.17, 15) is 9.59 Å². The first kappa shape index (κ1) is 17.6. The van der Waals surface area contributed by atoms with Crippen LogP contribution in [0.2, 0.25) is 0 Å². The fourth-order valence-electron chi connectivity index (χ4n) is 2.51. The summed E-state index contributed by atoms with van der Waals surface area (Å²) < 4.78 is 15.4. The van der Waals surface area contributed by atoms with Gasteiger partial charge in [0.1, 0.15) is 23.7 Å². The third kappa shape index (κ3) is 3.42. The molecule has 0 aliphatic heterocycles.